The van der Waals surface area contributed by atoms with Crippen molar-refractivity contribution in [3.8, 4) is 0 Å². The highest BCUT2D eigenvalue weighted by Gasteiger charge is 2.40. The molecule has 0 bridgehead atoms. The summed E-state index contributed by atoms with van der Waals surface area (Å²) in [5, 5.41) is 2.85. The molecule has 1 fully saturated rings. The zero-order valence-electron chi connectivity index (χ0n) is 16.2. The Labute approximate surface area is 161 Å². The van der Waals surface area contributed by atoms with Gasteiger partial charge in [0.05, 0.1) is 0 Å². The molecule has 0 radical (unpaired) electrons. The molecule has 5 nitrogen and oxygen atoms in total. The summed E-state index contributed by atoms with van der Waals surface area (Å²) in [5.41, 5.74) is 2.00. The van der Waals surface area contributed by atoms with Gasteiger partial charge in [0.25, 0.3) is 0 Å². The van der Waals surface area contributed by atoms with Gasteiger partial charge in [0.1, 0.15) is 5.41 Å². The van der Waals surface area contributed by atoms with Crippen LogP contribution in [0.3, 0.4) is 0 Å². The van der Waals surface area contributed by atoms with Gasteiger partial charge in [-0.2, -0.15) is 0 Å². The number of carbonyl (C=O) groups excluding carboxylic acids is 2. The molecule has 0 saturated carbocycles. The number of carbonyl (C=O) groups is 2. The number of anilines is 2. The minimum Gasteiger partial charge on any atom is -0.368 e. The Morgan fingerprint density at radius 3 is 2.22 bits per heavy atom. The third-order valence-electron chi connectivity index (χ3n) is 5.07. The number of nitrogens with one attached hydrogen (secondary N) is 1. The van der Waals surface area contributed by atoms with Crippen LogP contribution in [0.2, 0.25) is 0 Å². The SMILES string of the molecule is Cc1cccc(N2CCN(C(=O)C(C)(C)C(=O)Nc3ccccc3)CC2)c1. The predicted octanol–water partition coefficient (Wildman–Crippen LogP) is 3.31. The van der Waals surface area contributed by atoms with Gasteiger partial charge in [-0.1, -0.05) is 30.3 Å². The molecule has 5 heteroatoms. The molecule has 1 N–H and O–H groups in total. The Balaban J connectivity index is 1.61. The normalized spacial score (nSPS) is 14.8. The van der Waals surface area contributed by atoms with E-state index < -0.39 is 5.41 Å². The highest BCUT2D eigenvalue weighted by Crippen LogP contribution is 2.24. The first-order chi connectivity index (χ1) is 12.9. The van der Waals surface area contributed by atoms with Gasteiger partial charge in [0.2, 0.25) is 11.8 Å². The van der Waals surface area contributed by atoms with Gasteiger partial charge in [0, 0.05) is 37.6 Å². The van der Waals surface area contributed by atoms with E-state index in [9.17, 15) is 9.59 Å². The van der Waals surface area contributed by atoms with E-state index in [1.807, 2.05) is 30.3 Å². The van der Waals surface area contributed by atoms with Crippen LogP contribution in [0.15, 0.2) is 54.6 Å². The summed E-state index contributed by atoms with van der Waals surface area (Å²) in [4.78, 5) is 29.8. The lowest BCUT2D eigenvalue weighted by Gasteiger charge is -2.39. The summed E-state index contributed by atoms with van der Waals surface area (Å²) in [5.74, 6) is -0.403. The summed E-state index contributed by atoms with van der Waals surface area (Å²) in [6, 6.07) is 17.6. The van der Waals surface area contributed by atoms with Crippen molar-refractivity contribution in [1.29, 1.82) is 0 Å². The first kappa shape index (κ1) is 19.0. The third kappa shape index (κ3) is 4.30. The van der Waals surface area contributed by atoms with Crippen LogP contribution in [0.1, 0.15) is 19.4 Å². The molecular formula is C22H27N3O2. The molecule has 2 aromatic rings. The summed E-state index contributed by atoms with van der Waals surface area (Å²) >= 11 is 0. The fourth-order valence-electron chi connectivity index (χ4n) is 3.29. The number of benzene rings is 2. The average Bonchev–Trinajstić information content (AvgIpc) is 2.68. The van der Waals surface area contributed by atoms with E-state index in [1.54, 1.807) is 18.7 Å². The van der Waals surface area contributed by atoms with Crippen LogP contribution >= 0.6 is 0 Å². The molecule has 0 atom stereocenters. The second-order valence-corrected chi connectivity index (χ2v) is 7.56. The van der Waals surface area contributed by atoms with E-state index in [-0.39, 0.29) is 11.8 Å². The fraction of sp³-hybridized carbons (Fsp3) is 0.364. The number of aryl methyl sites for hydroxylation is 1. The van der Waals surface area contributed by atoms with Crippen molar-refractivity contribution in [2.24, 2.45) is 5.41 Å². The Morgan fingerprint density at radius 1 is 0.926 bits per heavy atom. The van der Waals surface area contributed by atoms with Crippen molar-refractivity contribution in [2.45, 2.75) is 20.8 Å². The fourth-order valence-corrected chi connectivity index (χ4v) is 3.29. The van der Waals surface area contributed by atoms with E-state index in [0.29, 0.717) is 18.8 Å². The van der Waals surface area contributed by atoms with Crippen molar-refractivity contribution in [2.75, 3.05) is 36.4 Å². The monoisotopic (exact) mass is 365 g/mol. The molecule has 1 saturated heterocycles. The molecule has 0 spiro atoms. The molecular weight excluding hydrogens is 338 g/mol. The third-order valence-corrected chi connectivity index (χ3v) is 5.07. The predicted molar refractivity (Wildman–Crippen MR) is 109 cm³/mol. The lowest BCUT2D eigenvalue weighted by atomic mass is 9.89. The zero-order chi connectivity index (χ0) is 19.4. The van der Waals surface area contributed by atoms with Crippen LogP contribution in [0.5, 0.6) is 0 Å². The molecule has 142 valence electrons. The smallest absolute Gasteiger partial charge is 0.239 e. The van der Waals surface area contributed by atoms with Crippen molar-refractivity contribution in [1.82, 2.24) is 4.90 Å². The Kier molecular flexibility index (Phi) is 5.49. The number of hydrogen-bond acceptors (Lipinski definition) is 3. The van der Waals surface area contributed by atoms with Gasteiger partial charge in [-0.15, -0.1) is 0 Å². The van der Waals surface area contributed by atoms with Crippen LogP contribution in [0.25, 0.3) is 0 Å². The van der Waals surface area contributed by atoms with Gasteiger partial charge < -0.3 is 15.1 Å². The quantitative estimate of drug-likeness (QED) is 0.846. The van der Waals surface area contributed by atoms with E-state index in [0.717, 1.165) is 13.1 Å². The molecule has 0 aliphatic carbocycles. The first-order valence-electron chi connectivity index (χ1n) is 9.35. The first-order valence-corrected chi connectivity index (χ1v) is 9.35. The molecule has 0 unspecified atom stereocenters. The molecule has 1 aliphatic rings. The standard InChI is InChI=1S/C22H27N3O2/c1-17-8-7-11-19(16-17)24-12-14-25(15-13-24)21(27)22(2,3)20(26)23-18-9-5-4-6-10-18/h4-11,16H,12-15H2,1-3H3,(H,23,26). The molecule has 3 rings (SSSR count). The lowest BCUT2D eigenvalue weighted by Crippen LogP contribution is -2.54. The average molecular weight is 365 g/mol. The van der Waals surface area contributed by atoms with Crippen LogP contribution in [-0.2, 0) is 9.59 Å². The van der Waals surface area contributed by atoms with Crippen LogP contribution in [-0.4, -0.2) is 42.9 Å². The summed E-state index contributed by atoms with van der Waals surface area (Å²) in [6.07, 6.45) is 0. The van der Waals surface area contributed by atoms with Crippen molar-refractivity contribution < 1.29 is 9.59 Å². The van der Waals surface area contributed by atoms with Crippen LogP contribution in [0.4, 0.5) is 11.4 Å². The summed E-state index contributed by atoms with van der Waals surface area (Å²) < 4.78 is 0. The topological polar surface area (TPSA) is 52.7 Å². The number of rotatable bonds is 4. The highest BCUT2D eigenvalue weighted by atomic mass is 16.2. The largest absolute Gasteiger partial charge is 0.368 e. The Morgan fingerprint density at radius 2 is 1.59 bits per heavy atom. The van der Waals surface area contributed by atoms with Crippen molar-refractivity contribution in [3.63, 3.8) is 0 Å². The second-order valence-electron chi connectivity index (χ2n) is 7.56. The Hall–Kier alpha value is -2.82. The van der Waals surface area contributed by atoms with E-state index in [1.165, 1.54) is 11.3 Å². The van der Waals surface area contributed by atoms with Gasteiger partial charge >= 0.3 is 0 Å². The maximum Gasteiger partial charge on any atom is 0.239 e. The van der Waals surface area contributed by atoms with Gasteiger partial charge in [-0.05, 0) is 50.6 Å². The highest BCUT2D eigenvalue weighted by molar-refractivity contribution is 6.09. The number of amides is 2. The summed E-state index contributed by atoms with van der Waals surface area (Å²) in [6.45, 7) is 8.25. The maximum atomic E-state index is 13.0. The zero-order valence-corrected chi connectivity index (χ0v) is 16.2. The van der Waals surface area contributed by atoms with E-state index >= 15 is 0 Å². The Bertz CT molecular complexity index is 809. The van der Waals surface area contributed by atoms with Gasteiger partial charge in [0.15, 0.2) is 0 Å². The van der Waals surface area contributed by atoms with Gasteiger partial charge in [-0.3, -0.25) is 9.59 Å². The second kappa shape index (κ2) is 7.82. The van der Waals surface area contributed by atoms with Gasteiger partial charge in [-0.25, -0.2) is 0 Å². The van der Waals surface area contributed by atoms with E-state index in [2.05, 4.69) is 41.4 Å². The number of para-hydroxylation sites is 1. The number of piperazine rings is 1. The number of hydrogen-bond donors (Lipinski definition) is 1. The van der Waals surface area contributed by atoms with Crippen LogP contribution in [0, 0.1) is 12.3 Å². The minimum absolute atomic E-state index is 0.125. The maximum absolute atomic E-state index is 13.0. The van der Waals surface area contributed by atoms with E-state index in [4.69, 9.17) is 0 Å². The molecule has 1 heterocycles. The molecule has 2 aromatic carbocycles. The molecule has 27 heavy (non-hydrogen) atoms. The summed E-state index contributed by atoms with van der Waals surface area (Å²) in [7, 11) is 0. The minimum atomic E-state index is -1.11. The number of nitrogens with zero attached hydrogens (tertiary/aromatic N) is 2. The molecule has 0 aromatic heterocycles. The molecule has 1 aliphatic heterocycles. The van der Waals surface area contributed by atoms with Crippen LogP contribution < -0.4 is 10.2 Å². The lowest BCUT2D eigenvalue weighted by molar-refractivity contribution is -0.146. The van der Waals surface area contributed by atoms with Crippen molar-refractivity contribution in [3.05, 3.63) is 60.2 Å². The van der Waals surface area contributed by atoms with Crippen molar-refractivity contribution >= 4 is 23.2 Å². The molecule has 2 amide bonds.